The zero-order valence-corrected chi connectivity index (χ0v) is 14.2. The molecule has 0 amide bonds. The van der Waals surface area contributed by atoms with Crippen molar-refractivity contribution in [2.24, 2.45) is 7.05 Å². The van der Waals surface area contributed by atoms with Crippen molar-refractivity contribution in [3.8, 4) is 18.1 Å². The number of hydrogen-bond donors (Lipinski definition) is 0. The van der Waals surface area contributed by atoms with Crippen molar-refractivity contribution >= 4 is 26.8 Å². The Bertz CT molecular complexity index is 642. The van der Waals surface area contributed by atoms with Crippen molar-refractivity contribution in [2.75, 3.05) is 25.5 Å². The highest BCUT2D eigenvalue weighted by molar-refractivity contribution is 9.09. The summed E-state index contributed by atoms with van der Waals surface area (Å²) in [7, 11) is 4.12. The van der Waals surface area contributed by atoms with E-state index in [9.17, 15) is 0 Å². The van der Waals surface area contributed by atoms with Crippen LogP contribution in [0.1, 0.15) is 12.1 Å². The first-order valence-corrected chi connectivity index (χ1v) is 8.17. The van der Waals surface area contributed by atoms with Gasteiger partial charge in [-0.3, -0.25) is 4.90 Å². The summed E-state index contributed by atoms with van der Waals surface area (Å²) in [5.74, 6) is 3.60. The number of alkyl halides is 1. The topological polar surface area (TPSA) is 17.4 Å². The average Bonchev–Trinajstić information content (AvgIpc) is 2.75. The Labute approximate surface area is 135 Å². The highest BCUT2D eigenvalue weighted by atomic mass is 79.9. The minimum Gasteiger partial charge on any atom is -0.494 e. The number of hydrogen-bond acceptors (Lipinski definition) is 2. The minimum atomic E-state index is 0.655. The molecule has 0 unspecified atom stereocenters. The van der Waals surface area contributed by atoms with E-state index in [0.29, 0.717) is 6.54 Å². The lowest BCUT2D eigenvalue weighted by Crippen LogP contribution is -2.19. The van der Waals surface area contributed by atoms with Crippen LogP contribution >= 0.6 is 15.9 Å². The molecule has 0 N–H and O–H groups in total. The second-order valence-electron chi connectivity index (χ2n) is 5.18. The van der Waals surface area contributed by atoms with Crippen LogP contribution in [0, 0.1) is 12.3 Å². The monoisotopic (exact) mass is 348 g/mol. The SMILES string of the molecule is C#CCN(C)Cc1cc2cc(OCCCBr)ccc2n1C. The highest BCUT2D eigenvalue weighted by Crippen LogP contribution is 2.24. The number of fused-ring (bicyclic) bond motifs is 1. The van der Waals surface area contributed by atoms with Gasteiger partial charge in [-0.1, -0.05) is 21.9 Å². The van der Waals surface area contributed by atoms with Crippen LogP contribution in [0.3, 0.4) is 0 Å². The maximum atomic E-state index is 5.75. The Kier molecular flexibility index (Phi) is 5.72. The Morgan fingerprint density at radius 1 is 1.38 bits per heavy atom. The van der Waals surface area contributed by atoms with Gasteiger partial charge in [-0.15, -0.1) is 6.42 Å². The molecule has 1 aromatic carbocycles. The first-order valence-electron chi connectivity index (χ1n) is 7.05. The largest absolute Gasteiger partial charge is 0.494 e. The minimum absolute atomic E-state index is 0.655. The lowest BCUT2D eigenvalue weighted by molar-refractivity contribution is 0.319. The molecule has 0 bridgehead atoms. The van der Waals surface area contributed by atoms with Crippen LogP contribution < -0.4 is 4.74 Å². The first-order chi connectivity index (χ1) is 10.2. The van der Waals surface area contributed by atoms with Gasteiger partial charge in [0, 0.05) is 35.5 Å². The molecule has 0 fully saturated rings. The summed E-state index contributed by atoms with van der Waals surface area (Å²) >= 11 is 3.41. The van der Waals surface area contributed by atoms with E-state index in [2.05, 4.69) is 56.6 Å². The molecule has 0 spiro atoms. The van der Waals surface area contributed by atoms with Crippen molar-refractivity contribution in [1.29, 1.82) is 0 Å². The van der Waals surface area contributed by atoms with E-state index in [1.165, 1.54) is 16.6 Å². The molecule has 0 radical (unpaired) electrons. The van der Waals surface area contributed by atoms with E-state index >= 15 is 0 Å². The lowest BCUT2D eigenvalue weighted by Gasteiger charge is -2.13. The molecule has 112 valence electrons. The van der Waals surface area contributed by atoms with Crippen LogP contribution in [-0.2, 0) is 13.6 Å². The summed E-state index contributed by atoms with van der Waals surface area (Å²) < 4.78 is 7.96. The number of ether oxygens (including phenoxy) is 1. The molecule has 0 aliphatic heterocycles. The second-order valence-corrected chi connectivity index (χ2v) is 5.98. The van der Waals surface area contributed by atoms with Gasteiger partial charge >= 0.3 is 0 Å². The second kappa shape index (κ2) is 7.53. The Balaban J connectivity index is 2.18. The number of halogens is 1. The third-order valence-electron chi connectivity index (χ3n) is 3.45. The van der Waals surface area contributed by atoms with E-state index in [-0.39, 0.29) is 0 Å². The molecule has 3 nitrogen and oxygen atoms in total. The molecule has 1 aromatic heterocycles. The van der Waals surface area contributed by atoms with Crippen molar-refractivity contribution in [3.63, 3.8) is 0 Å². The van der Waals surface area contributed by atoms with Gasteiger partial charge in [0.2, 0.25) is 0 Å². The fourth-order valence-corrected chi connectivity index (χ4v) is 2.59. The third-order valence-corrected chi connectivity index (χ3v) is 4.01. The van der Waals surface area contributed by atoms with Gasteiger partial charge in [0.05, 0.1) is 13.2 Å². The van der Waals surface area contributed by atoms with Gasteiger partial charge in [0.15, 0.2) is 0 Å². The normalized spacial score (nSPS) is 11.0. The summed E-state index contributed by atoms with van der Waals surface area (Å²) in [6.45, 7) is 2.24. The zero-order valence-electron chi connectivity index (χ0n) is 12.6. The molecule has 2 aromatic rings. The smallest absolute Gasteiger partial charge is 0.120 e. The van der Waals surface area contributed by atoms with Gasteiger partial charge in [-0.2, -0.15) is 0 Å². The number of rotatable bonds is 7. The quantitative estimate of drug-likeness (QED) is 0.433. The molecule has 0 atom stereocenters. The van der Waals surface area contributed by atoms with Gasteiger partial charge in [0.25, 0.3) is 0 Å². The van der Waals surface area contributed by atoms with Crippen LogP contribution in [0.25, 0.3) is 10.9 Å². The fraction of sp³-hybridized carbons (Fsp3) is 0.412. The average molecular weight is 349 g/mol. The maximum absolute atomic E-state index is 5.75. The Hall–Kier alpha value is -1.44. The van der Waals surface area contributed by atoms with Gasteiger partial charge in [-0.05, 0) is 37.7 Å². The van der Waals surface area contributed by atoms with Gasteiger partial charge in [-0.25, -0.2) is 0 Å². The molecule has 1 heterocycles. The Morgan fingerprint density at radius 3 is 2.90 bits per heavy atom. The molecular weight excluding hydrogens is 328 g/mol. The highest BCUT2D eigenvalue weighted by Gasteiger charge is 2.08. The molecule has 0 saturated carbocycles. The predicted octanol–water partition coefficient (Wildman–Crippen LogP) is 3.41. The van der Waals surface area contributed by atoms with E-state index in [0.717, 1.165) is 30.7 Å². The van der Waals surface area contributed by atoms with Crippen LogP contribution in [0.2, 0.25) is 0 Å². The summed E-state index contributed by atoms with van der Waals surface area (Å²) in [6.07, 6.45) is 6.36. The van der Waals surface area contributed by atoms with Crippen molar-refractivity contribution < 1.29 is 4.74 Å². The van der Waals surface area contributed by atoms with E-state index < -0.39 is 0 Å². The summed E-state index contributed by atoms with van der Waals surface area (Å²) in [4.78, 5) is 2.13. The number of terminal acetylenes is 1. The molecule has 0 aliphatic rings. The van der Waals surface area contributed by atoms with Crippen LogP contribution in [0.4, 0.5) is 0 Å². The van der Waals surface area contributed by atoms with Crippen molar-refractivity contribution in [1.82, 2.24) is 9.47 Å². The van der Waals surface area contributed by atoms with Crippen LogP contribution in [-0.4, -0.2) is 35.0 Å². The number of aryl methyl sites for hydroxylation is 1. The number of nitrogens with zero attached hydrogens (tertiary/aromatic N) is 2. The van der Waals surface area contributed by atoms with E-state index in [4.69, 9.17) is 11.2 Å². The fourth-order valence-electron chi connectivity index (χ4n) is 2.36. The summed E-state index contributed by atoms with van der Waals surface area (Å²) in [5, 5.41) is 2.17. The van der Waals surface area contributed by atoms with Crippen molar-refractivity contribution in [3.05, 3.63) is 30.0 Å². The summed E-state index contributed by atoms with van der Waals surface area (Å²) in [5.41, 5.74) is 2.47. The first kappa shape index (κ1) is 15.9. The zero-order chi connectivity index (χ0) is 15.2. The molecule has 4 heteroatoms. The number of benzene rings is 1. The molecule has 0 aliphatic carbocycles. The van der Waals surface area contributed by atoms with E-state index in [1.807, 2.05) is 13.1 Å². The Morgan fingerprint density at radius 2 is 2.19 bits per heavy atom. The molecule has 2 rings (SSSR count). The lowest BCUT2D eigenvalue weighted by atomic mass is 10.2. The van der Waals surface area contributed by atoms with E-state index in [1.54, 1.807) is 0 Å². The van der Waals surface area contributed by atoms with Crippen LogP contribution in [0.5, 0.6) is 5.75 Å². The number of aromatic nitrogens is 1. The molecule has 21 heavy (non-hydrogen) atoms. The molecule has 0 saturated heterocycles. The van der Waals surface area contributed by atoms with Gasteiger partial charge < -0.3 is 9.30 Å². The van der Waals surface area contributed by atoms with Crippen molar-refractivity contribution in [2.45, 2.75) is 13.0 Å². The predicted molar refractivity (Wildman–Crippen MR) is 92.0 cm³/mol. The third kappa shape index (κ3) is 4.03. The molecular formula is C17H21BrN2O. The standard InChI is InChI=1S/C17H21BrN2O/c1-4-9-19(2)13-15-11-14-12-16(21-10-5-8-18)6-7-17(14)20(15)3/h1,6-7,11-12H,5,8-10,13H2,2-3H3. The van der Waals surface area contributed by atoms with Crippen LogP contribution in [0.15, 0.2) is 24.3 Å². The summed E-state index contributed by atoms with van der Waals surface area (Å²) in [6, 6.07) is 8.46. The van der Waals surface area contributed by atoms with Gasteiger partial charge in [0.1, 0.15) is 5.75 Å². The maximum Gasteiger partial charge on any atom is 0.120 e.